The van der Waals surface area contributed by atoms with Crippen LogP contribution in [-0.4, -0.2) is 47.3 Å². The van der Waals surface area contributed by atoms with Gasteiger partial charge in [-0.2, -0.15) is 5.10 Å². The molecule has 0 aliphatic carbocycles. The van der Waals surface area contributed by atoms with Gasteiger partial charge in [-0.25, -0.2) is 0 Å². The number of benzene rings is 1. The van der Waals surface area contributed by atoms with Gasteiger partial charge in [0.05, 0.1) is 6.21 Å². The van der Waals surface area contributed by atoms with E-state index in [1.54, 1.807) is 6.20 Å². The smallest absolute Gasteiger partial charge is 0.0558 e. The molecule has 2 heterocycles. The second-order valence-corrected chi connectivity index (χ2v) is 5.76. The number of hydrogen-bond acceptors (Lipinski definition) is 4. The Morgan fingerprint density at radius 2 is 1.87 bits per heavy atom. The van der Waals surface area contributed by atoms with Crippen LogP contribution in [0.4, 0.5) is 0 Å². The fourth-order valence-corrected chi connectivity index (χ4v) is 2.67. The van der Waals surface area contributed by atoms with Gasteiger partial charge in [-0.1, -0.05) is 35.9 Å². The fourth-order valence-electron chi connectivity index (χ4n) is 2.48. The number of hydrogen-bond donors (Lipinski definition) is 0. The molecule has 0 atom stereocenters. The predicted octanol–water partition coefficient (Wildman–Crippen LogP) is 3.31. The van der Waals surface area contributed by atoms with Crippen LogP contribution in [0.25, 0.3) is 0 Å². The molecule has 1 aliphatic rings. The van der Waals surface area contributed by atoms with Crippen LogP contribution in [-0.2, 0) is 6.54 Å². The van der Waals surface area contributed by atoms with E-state index in [0.717, 1.165) is 43.3 Å². The molecule has 6 heteroatoms. The van der Waals surface area contributed by atoms with Crippen LogP contribution >= 0.6 is 24.0 Å². The fraction of sp³-hybridized carbons (Fsp3) is 0.294. The average molecular weight is 351 g/mol. The third kappa shape index (κ3) is 5.20. The van der Waals surface area contributed by atoms with Crippen LogP contribution in [0.1, 0.15) is 11.1 Å². The van der Waals surface area contributed by atoms with Gasteiger partial charge < -0.3 is 0 Å². The lowest BCUT2D eigenvalue weighted by molar-refractivity contribution is 0.131. The van der Waals surface area contributed by atoms with Gasteiger partial charge in [0.25, 0.3) is 0 Å². The highest BCUT2D eigenvalue weighted by Gasteiger charge is 2.16. The normalized spacial score (nSPS) is 15.6. The summed E-state index contributed by atoms with van der Waals surface area (Å²) >= 11 is 6.22. The molecule has 1 fully saturated rings. The molecular formula is C17H20Cl2N4. The molecule has 23 heavy (non-hydrogen) atoms. The summed E-state index contributed by atoms with van der Waals surface area (Å²) in [6, 6.07) is 12.0. The topological polar surface area (TPSA) is 31.7 Å². The quantitative estimate of drug-likeness (QED) is 0.792. The molecule has 0 saturated carbocycles. The van der Waals surface area contributed by atoms with Gasteiger partial charge in [0.2, 0.25) is 0 Å². The minimum Gasteiger partial charge on any atom is -0.295 e. The summed E-state index contributed by atoms with van der Waals surface area (Å²) in [4.78, 5) is 6.50. The van der Waals surface area contributed by atoms with Crippen molar-refractivity contribution in [3.63, 3.8) is 0 Å². The first kappa shape index (κ1) is 17.7. The lowest BCUT2D eigenvalue weighted by Gasteiger charge is -2.33. The Kier molecular flexibility index (Phi) is 6.84. The first-order chi connectivity index (χ1) is 10.8. The van der Waals surface area contributed by atoms with Crippen molar-refractivity contribution in [2.45, 2.75) is 6.54 Å². The Hall–Kier alpha value is -1.62. The third-order valence-corrected chi connectivity index (χ3v) is 4.12. The Morgan fingerprint density at radius 1 is 1.09 bits per heavy atom. The number of nitrogens with zero attached hydrogens (tertiary/aromatic N) is 4. The van der Waals surface area contributed by atoms with Crippen molar-refractivity contribution in [1.29, 1.82) is 0 Å². The van der Waals surface area contributed by atoms with E-state index in [1.165, 1.54) is 5.56 Å². The maximum Gasteiger partial charge on any atom is 0.0558 e. The SMILES string of the molecule is Cl.Clc1ccccc1CN1CCN(/N=C/c2cccnc2)CC1. The largest absolute Gasteiger partial charge is 0.295 e. The van der Waals surface area contributed by atoms with Gasteiger partial charge in [-0.3, -0.25) is 14.9 Å². The van der Waals surface area contributed by atoms with Crippen molar-refractivity contribution in [3.05, 3.63) is 64.9 Å². The highest BCUT2D eigenvalue weighted by Crippen LogP contribution is 2.17. The second-order valence-electron chi connectivity index (χ2n) is 5.35. The van der Waals surface area contributed by atoms with Crippen molar-refractivity contribution in [2.75, 3.05) is 26.2 Å². The van der Waals surface area contributed by atoms with Crippen LogP contribution in [0.15, 0.2) is 53.9 Å². The van der Waals surface area contributed by atoms with E-state index in [1.807, 2.05) is 42.7 Å². The van der Waals surface area contributed by atoms with E-state index >= 15 is 0 Å². The lowest BCUT2D eigenvalue weighted by atomic mass is 10.2. The molecule has 1 aliphatic heterocycles. The van der Waals surface area contributed by atoms with Crippen molar-refractivity contribution in [1.82, 2.24) is 14.9 Å². The zero-order valence-electron chi connectivity index (χ0n) is 12.8. The number of halogens is 2. The third-order valence-electron chi connectivity index (χ3n) is 3.75. The number of hydrazone groups is 1. The highest BCUT2D eigenvalue weighted by molar-refractivity contribution is 6.31. The molecule has 0 N–H and O–H groups in total. The van der Waals surface area contributed by atoms with E-state index in [0.29, 0.717) is 0 Å². The molecule has 1 saturated heterocycles. The number of pyridine rings is 1. The van der Waals surface area contributed by atoms with Crippen LogP contribution in [0, 0.1) is 0 Å². The lowest BCUT2D eigenvalue weighted by Crippen LogP contribution is -2.43. The van der Waals surface area contributed by atoms with Crippen LogP contribution in [0.2, 0.25) is 5.02 Å². The summed E-state index contributed by atoms with van der Waals surface area (Å²) in [5, 5.41) is 7.48. The second kappa shape index (κ2) is 8.87. The van der Waals surface area contributed by atoms with Gasteiger partial charge in [-0.15, -0.1) is 12.4 Å². The van der Waals surface area contributed by atoms with Crippen LogP contribution in [0.3, 0.4) is 0 Å². The van der Waals surface area contributed by atoms with Crippen molar-refractivity contribution in [2.24, 2.45) is 5.10 Å². The standard InChI is InChI=1S/C17H19ClN4.ClH/c18-17-6-2-1-5-16(17)14-21-8-10-22(11-9-21)20-13-15-4-3-7-19-12-15;/h1-7,12-13H,8-11,14H2;1H/b20-13+;. The molecular weight excluding hydrogens is 331 g/mol. The van der Waals surface area contributed by atoms with Gasteiger partial charge in [0, 0.05) is 55.7 Å². The molecule has 0 amide bonds. The van der Waals surface area contributed by atoms with E-state index in [9.17, 15) is 0 Å². The van der Waals surface area contributed by atoms with E-state index in [2.05, 4.69) is 26.1 Å². The van der Waals surface area contributed by atoms with E-state index in [4.69, 9.17) is 11.6 Å². The van der Waals surface area contributed by atoms with Gasteiger partial charge in [0.15, 0.2) is 0 Å². The summed E-state index contributed by atoms with van der Waals surface area (Å²) in [6.45, 7) is 4.76. The molecule has 2 aromatic rings. The number of rotatable bonds is 4. The molecule has 0 bridgehead atoms. The Bertz CT molecular complexity index is 626. The summed E-state index contributed by atoms with van der Waals surface area (Å²) in [6.07, 6.45) is 5.46. The number of piperazine rings is 1. The number of aromatic nitrogens is 1. The summed E-state index contributed by atoms with van der Waals surface area (Å²) < 4.78 is 0. The van der Waals surface area contributed by atoms with Crippen LogP contribution < -0.4 is 0 Å². The van der Waals surface area contributed by atoms with Gasteiger partial charge in [-0.05, 0) is 17.7 Å². The minimum atomic E-state index is 0. The molecule has 1 aromatic heterocycles. The first-order valence-corrected chi connectivity index (χ1v) is 7.84. The molecule has 0 spiro atoms. The molecule has 3 rings (SSSR count). The maximum atomic E-state index is 6.22. The monoisotopic (exact) mass is 350 g/mol. The van der Waals surface area contributed by atoms with E-state index in [-0.39, 0.29) is 12.4 Å². The molecule has 0 unspecified atom stereocenters. The van der Waals surface area contributed by atoms with Crippen LogP contribution in [0.5, 0.6) is 0 Å². The molecule has 122 valence electrons. The van der Waals surface area contributed by atoms with Gasteiger partial charge in [0.1, 0.15) is 0 Å². The highest BCUT2D eigenvalue weighted by atomic mass is 35.5. The minimum absolute atomic E-state index is 0. The predicted molar refractivity (Wildman–Crippen MR) is 97.4 cm³/mol. The first-order valence-electron chi connectivity index (χ1n) is 7.46. The van der Waals surface area contributed by atoms with Crippen molar-refractivity contribution in [3.8, 4) is 0 Å². The summed E-state index contributed by atoms with van der Waals surface area (Å²) in [5.74, 6) is 0. The summed E-state index contributed by atoms with van der Waals surface area (Å²) in [5.41, 5.74) is 2.22. The Balaban J connectivity index is 0.00000192. The molecule has 0 radical (unpaired) electrons. The molecule has 4 nitrogen and oxygen atoms in total. The summed E-state index contributed by atoms with van der Waals surface area (Å²) in [7, 11) is 0. The zero-order valence-corrected chi connectivity index (χ0v) is 14.4. The average Bonchev–Trinajstić information content (AvgIpc) is 2.57. The van der Waals surface area contributed by atoms with E-state index < -0.39 is 0 Å². The van der Waals surface area contributed by atoms with Crippen molar-refractivity contribution >= 4 is 30.2 Å². The Morgan fingerprint density at radius 3 is 2.57 bits per heavy atom. The van der Waals surface area contributed by atoms with Crippen molar-refractivity contribution < 1.29 is 0 Å². The van der Waals surface area contributed by atoms with Gasteiger partial charge >= 0.3 is 0 Å². The Labute approximate surface area is 148 Å². The molecule has 1 aromatic carbocycles. The maximum absolute atomic E-state index is 6.22. The zero-order chi connectivity index (χ0) is 15.2.